The first-order valence-corrected chi connectivity index (χ1v) is 32.1. The summed E-state index contributed by atoms with van der Waals surface area (Å²) in [7, 11) is 0. The van der Waals surface area contributed by atoms with Crippen molar-refractivity contribution in [1.29, 1.82) is 21.0 Å². The van der Waals surface area contributed by atoms with E-state index in [2.05, 4.69) is 24.3 Å². The molecule has 19 aromatic rings. The van der Waals surface area contributed by atoms with E-state index >= 15 is 0 Å². The third-order valence-electron chi connectivity index (χ3n) is 18.6. The number of hydrogen-bond acceptors (Lipinski definition) is 5. The van der Waals surface area contributed by atoms with Crippen LogP contribution < -0.4 is 0 Å². The topological polar surface area (TPSA) is 128 Å². The Balaban J connectivity index is 0.000000168. The first-order chi connectivity index (χ1) is 58.7. The highest BCUT2D eigenvalue weighted by atomic mass is 15.1. The fourth-order valence-electron chi connectivity index (χ4n) is 14.2. The van der Waals surface area contributed by atoms with Gasteiger partial charge < -0.3 is 9.13 Å². The zero-order chi connectivity index (χ0) is 85.8. The van der Waals surface area contributed by atoms with E-state index in [0.717, 1.165) is 32.6 Å². The van der Waals surface area contributed by atoms with E-state index in [0.29, 0.717) is 99.4 Å². The van der Waals surface area contributed by atoms with E-state index in [9.17, 15) is 21.0 Å². The number of hydrogen-bond donors (Lipinski definition) is 0. The Morgan fingerprint density at radius 1 is 0.245 bits per heavy atom. The monoisotopic (exact) mass is 1320 g/mol. The van der Waals surface area contributed by atoms with Gasteiger partial charge in [-0.3, -0.25) is 9.13 Å². The molecule has 0 spiro atoms. The standard InChI is InChI=1S/C49H29N5.C44H26N4/c50-30-41-47(34-18-8-3-9-19-34)42(31-51)49(54-44-23-13-11-21-38(44)40-29-36(25-27-46(40)54)33-16-6-2-7-17-33)52-48(41)53-43-22-12-10-20-37(43)39-28-35(24-26-45(39)53)32-14-4-1-5-15-32;45-27-33-26-44(48-40-18-10-8-16-36(40)38-24-32(20-22-42(38)48)30-13-5-2-6-14-30)34(28-46)25-43(33)47-39-17-9-7-15-35(39)37-23-31(19-21-41(37)47)29-11-3-1-4-12-29/h1-29H;1-26H/i1D,2D,4D,5D,6D,7D,14D,15D,16D,17D;1D,2D,3D,4D,5D,6D,11D,12D,13D,14D. The molecule has 0 radical (unpaired) electrons. The molecule has 0 N–H and O–H groups in total. The van der Waals surface area contributed by atoms with Crippen molar-refractivity contribution >= 4 is 87.2 Å². The van der Waals surface area contributed by atoms with Crippen LogP contribution in [0, 0.1) is 45.3 Å². The van der Waals surface area contributed by atoms with Gasteiger partial charge in [0.1, 0.15) is 35.4 Å². The van der Waals surface area contributed by atoms with Gasteiger partial charge in [-0.2, -0.15) is 21.0 Å². The zero-order valence-corrected chi connectivity index (χ0v) is 53.2. The molecule has 9 heteroatoms. The maximum absolute atomic E-state index is 11.2. The molecular weight excluding hydrogens is 1240 g/mol. The molecule has 0 aliphatic heterocycles. The van der Waals surface area contributed by atoms with Crippen molar-refractivity contribution in [1.82, 2.24) is 23.3 Å². The minimum absolute atomic E-state index is 0.0497. The lowest BCUT2D eigenvalue weighted by Crippen LogP contribution is -2.11. The molecule has 5 heterocycles. The van der Waals surface area contributed by atoms with Gasteiger partial charge in [0.05, 0.1) is 94.1 Å². The number of para-hydroxylation sites is 4. The molecule has 0 aliphatic carbocycles. The number of aromatic nitrogens is 5. The van der Waals surface area contributed by atoms with Crippen LogP contribution >= 0.6 is 0 Å². The van der Waals surface area contributed by atoms with Crippen molar-refractivity contribution in [2.75, 3.05) is 0 Å². The van der Waals surface area contributed by atoms with Gasteiger partial charge in [0, 0.05) is 48.7 Å². The lowest BCUT2D eigenvalue weighted by atomic mass is 9.95. The Morgan fingerprint density at radius 3 is 0.824 bits per heavy atom. The quantitative estimate of drug-likeness (QED) is 0.142. The zero-order valence-electron chi connectivity index (χ0n) is 73.2. The fourth-order valence-corrected chi connectivity index (χ4v) is 14.2. The van der Waals surface area contributed by atoms with Crippen LogP contribution in [0.15, 0.2) is 333 Å². The van der Waals surface area contributed by atoms with Gasteiger partial charge in [-0.25, -0.2) is 4.98 Å². The average molecular weight is 1320 g/mol. The van der Waals surface area contributed by atoms with Gasteiger partial charge in [-0.1, -0.05) is 248 Å². The van der Waals surface area contributed by atoms with Crippen LogP contribution in [0.1, 0.15) is 49.7 Å². The molecule has 0 saturated carbocycles. The molecule has 0 saturated heterocycles. The van der Waals surface area contributed by atoms with Crippen molar-refractivity contribution < 1.29 is 27.4 Å². The van der Waals surface area contributed by atoms with Crippen molar-refractivity contribution in [2.24, 2.45) is 0 Å². The minimum Gasteiger partial charge on any atom is -0.308 e. The molecular formula is C93H55N9. The first kappa shape index (κ1) is 42.2. The summed E-state index contributed by atoms with van der Waals surface area (Å²) in [4.78, 5) is 5.29. The first-order valence-electron chi connectivity index (χ1n) is 42.1. The van der Waals surface area contributed by atoms with Crippen LogP contribution in [-0.4, -0.2) is 23.3 Å². The summed E-state index contributed by atoms with van der Waals surface area (Å²) in [6.07, 6.45) is 0. The van der Waals surface area contributed by atoms with E-state index in [1.807, 2.05) is 146 Å². The highest BCUT2D eigenvalue weighted by Crippen LogP contribution is 2.44. The Kier molecular flexibility index (Phi) is 10.2. The summed E-state index contributed by atoms with van der Waals surface area (Å²) in [5, 5.41) is 49.7. The Bertz CT molecular complexity index is 7530. The highest BCUT2D eigenvalue weighted by Gasteiger charge is 2.29. The second-order valence-corrected chi connectivity index (χ2v) is 23.9. The van der Waals surface area contributed by atoms with Crippen LogP contribution in [0.2, 0.25) is 0 Å². The number of fused-ring (bicyclic) bond motifs is 12. The maximum Gasteiger partial charge on any atom is 0.158 e. The number of pyridine rings is 1. The van der Waals surface area contributed by atoms with Gasteiger partial charge in [0.15, 0.2) is 11.6 Å². The Labute approximate surface area is 614 Å². The van der Waals surface area contributed by atoms with Crippen molar-refractivity contribution in [2.45, 2.75) is 0 Å². The number of rotatable bonds is 9. The number of nitrogens with zero attached hydrogens (tertiary/aromatic N) is 9. The molecule has 5 aromatic heterocycles. The fraction of sp³-hybridized carbons (Fsp3) is 0. The molecule has 9 nitrogen and oxygen atoms in total. The molecule has 0 bridgehead atoms. The average Bonchev–Trinajstić information content (AvgIpc) is 1.69. The van der Waals surface area contributed by atoms with Crippen LogP contribution in [-0.2, 0) is 0 Å². The van der Waals surface area contributed by atoms with Crippen LogP contribution in [0.4, 0.5) is 0 Å². The second kappa shape index (κ2) is 24.8. The van der Waals surface area contributed by atoms with Crippen molar-refractivity contribution in [3.63, 3.8) is 0 Å². The molecule has 0 unspecified atom stereocenters. The third-order valence-corrected chi connectivity index (χ3v) is 18.6. The van der Waals surface area contributed by atoms with E-state index in [1.54, 1.807) is 84.9 Å². The summed E-state index contributed by atoms with van der Waals surface area (Å²) in [5.41, 5.74) is 9.77. The lowest BCUT2D eigenvalue weighted by Gasteiger charge is -2.19. The summed E-state index contributed by atoms with van der Waals surface area (Å²) < 4.78 is 175. The second-order valence-electron chi connectivity index (χ2n) is 23.9. The van der Waals surface area contributed by atoms with Crippen LogP contribution in [0.5, 0.6) is 0 Å². The third kappa shape index (κ3) is 9.78. The van der Waals surface area contributed by atoms with E-state index in [1.165, 1.54) is 0 Å². The van der Waals surface area contributed by atoms with Crippen LogP contribution in [0.25, 0.3) is 166 Å². The molecule has 0 amide bonds. The van der Waals surface area contributed by atoms with Crippen molar-refractivity contribution in [3.8, 4) is 103 Å². The summed E-state index contributed by atoms with van der Waals surface area (Å²) >= 11 is 0. The van der Waals surface area contributed by atoms with Gasteiger partial charge >= 0.3 is 0 Å². The molecule has 14 aromatic carbocycles. The van der Waals surface area contributed by atoms with Crippen molar-refractivity contribution in [3.05, 3.63) is 355 Å². The molecule has 0 atom stereocenters. The van der Waals surface area contributed by atoms with Crippen LogP contribution in [0.3, 0.4) is 0 Å². The molecule has 19 rings (SSSR count). The normalized spacial score (nSPS) is 14.0. The lowest BCUT2D eigenvalue weighted by molar-refractivity contribution is 1.00. The number of benzene rings is 14. The molecule has 0 aliphatic rings. The molecule has 0 fully saturated rings. The Morgan fingerprint density at radius 2 is 0.520 bits per heavy atom. The van der Waals surface area contributed by atoms with Gasteiger partial charge in [-0.05, 0) is 135 Å². The minimum atomic E-state index is -0.491. The maximum atomic E-state index is 11.2. The number of nitriles is 4. The SMILES string of the molecule is [2H]c1c([2H])c([2H])c(-c2ccc3c(c2)c2ccccc2n3-c2cc(C#N)c(-n3c4ccccc4c4cc(-c5c([2H])c([2H])c([2H])c([2H])c5[2H])ccc43)cc2C#N)c([2H])c1[2H].[2H]c1c([2H])c([2H])c(-c2ccc3c(c2)c2ccccc2n3-c2nc(-n3c4ccccc4c4cc(-c5c([2H])c([2H])c([2H])c([2H])c5[2H])ccc43)c(C#N)c(-c3ccccc3)c2C#N)c([2H])c1[2H]. The summed E-state index contributed by atoms with van der Waals surface area (Å²) in [5.74, 6) is 0.414. The predicted octanol–water partition coefficient (Wildman–Crippen LogP) is 23.0. The van der Waals surface area contributed by atoms with Gasteiger partial charge in [0.25, 0.3) is 0 Å². The highest BCUT2D eigenvalue weighted by molar-refractivity contribution is 6.15. The van der Waals surface area contributed by atoms with Gasteiger partial charge in [0.2, 0.25) is 0 Å². The van der Waals surface area contributed by atoms with E-state index in [4.69, 9.17) is 32.4 Å². The molecule has 102 heavy (non-hydrogen) atoms. The Hall–Kier alpha value is -14.6. The van der Waals surface area contributed by atoms with E-state index < -0.39 is 72.5 Å². The predicted molar refractivity (Wildman–Crippen MR) is 414 cm³/mol. The molecule has 472 valence electrons. The summed E-state index contributed by atoms with van der Waals surface area (Å²) in [6, 6.07) is 64.9. The van der Waals surface area contributed by atoms with E-state index in [-0.39, 0.29) is 104 Å². The largest absolute Gasteiger partial charge is 0.308 e. The summed E-state index contributed by atoms with van der Waals surface area (Å²) in [6.45, 7) is 0. The smallest absolute Gasteiger partial charge is 0.158 e. The van der Waals surface area contributed by atoms with Gasteiger partial charge in [-0.15, -0.1) is 0 Å².